The second kappa shape index (κ2) is 14.1. The number of allylic oxidation sites excluding steroid dienone is 1. The van der Waals surface area contributed by atoms with E-state index in [4.69, 9.17) is 10.7 Å². The number of anilines is 2. The number of nitrogen functional groups attached to an aromatic ring is 1. The van der Waals surface area contributed by atoms with E-state index in [2.05, 4.69) is 16.6 Å². The Morgan fingerprint density at radius 3 is 2.30 bits per heavy atom. The predicted molar refractivity (Wildman–Crippen MR) is 176 cm³/mol. The van der Waals surface area contributed by atoms with Crippen LogP contribution >= 0.6 is 0 Å². The number of pyridine rings is 1. The number of benzene rings is 1. The second-order valence-corrected chi connectivity index (χ2v) is 14.1. The number of hydrogen-bond donors (Lipinski definition) is 2. The molecule has 252 valence electrons. The highest BCUT2D eigenvalue weighted by atomic mass is 32.2. The Morgan fingerprint density at radius 2 is 1.76 bits per heavy atom. The number of likely N-dealkylation sites (tertiary alicyclic amines) is 1. The molecule has 1 aliphatic heterocycles. The standard InChI is InChI=1S/C32H44F3N7O3S/c1-7-41(46(6,44)45)20-27-22(3)42(38-31(27)24-8-10-25(11-9-24)32(33,34)35)19-26(43)18-40-16-14-23(15-17-40)21(2)30-28(36)12-13-29(37-30)39(4)5/h8-13,23,26,43H,2,7,14-20,36H2,1,3-6H3. The number of nitrogens with zero attached hydrogens (tertiary/aromatic N) is 6. The molecule has 46 heavy (non-hydrogen) atoms. The lowest BCUT2D eigenvalue weighted by atomic mass is 9.87. The van der Waals surface area contributed by atoms with Crippen LogP contribution in [0.3, 0.4) is 0 Å². The minimum Gasteiger partial charge on any atom is -0.397 e. The fourth-order valence-corrected chi connectivity index (χ4v) is 6.65. The summed E-state index contributed by atoms with van der Waals surface area (Å²) in [5, 5.41) is 15.8. The molecule has 0 aliphatic carbocycles. The molecular formula is C32H44F3N7O3S. The first kappa shape index (κ1) is 35.4. The van der Waals surface area contributed by atoms with Gasteiger partial charge in [0.2, 0.25) is 10.0 Å². The molecule has 1 saturated heterocycles. The third-order valence-electron chi connectivity index (χ3n) is 8.58. The second-order valence-electron chi connectivity index (χ2n) is 12.1. The molecule has 3 aromatic rings. The minimum atomic E-state index is -4.49. The van der Waals surface area contributed by atoms with E-state index in [1.54, 1.807) is 18.5 Å². The molecule has 1 atom stereocenters. The molecular weight excluding hydrogens is 619 g/mol. The number of β-amino-alcohol motifs (C(OH)–C–C–N with tert-alkyl or cyclic N) is 1. The van der Waals surface area contributed by atoms with Gasteiger partial charge in [0.05, 0.1) is 41.5 Å². The number of aliphatic hydroxyl groups is 1. The largest absolute Gasteiger partial charge is 0.416 e. The van der Waals surface area contributed by atoms with Gasteiger partial charge in [-0.05, 0) is 68.6 Å². The number of piperidine rings is 1. The van der Waals surface area contributed by atoms with Crippen LogP contribution in [0.25, 0.3) is 16.8 Å². The topological polar surface area (TPSA) is 121 Å². The van der Waals surface area contributed by atoms with E-state index in [1.807, 2.05) is 31.1 Å². The van der Waals surface area contributed by atoms with Crippen molar-refractivity contribution in [3.05, 3.63) is 65.5 Å². The van der Waals surface area contributed by atoms with Crippen molar-refractivity contribution in [1.29, 1.82) is 0 Å². The fraction of sp³-hybridized carbons (Fsp3) is 0.500. The maximum absolute atomic E-state index is 13.2. The number of rotatable bonds is 12. The molecule has 1 unspecified atom stereocenters. The summed E-state index contributed by atoms with van der Waals surface area (Å²) < 4.78 is 67.3. The summed E-state index contributed by atoms with van der Waals surface area (Å²) in [4.78, 5) is 8.80. The fourth-order valence-electron chi connectivity index (χ4n) is 5.82. The number of aromatic nitrogens is 3. The summed E-state index contributed by atoms with van der Waals surface area (Å²) in [7, 11) is 0.291. The van der Waals surface area contributed by atoms with E-state index in [9.17, 15) is 26.7 Å². The van der Waals surface area contributed by atoms with Gasteiger partial charge in [0.1, 0.15) is 5.82 Å². The van der Waals surface area contributed by atoms with Gasteiger partial charge in [-0.3, -0.25) is 4.68 Å². The summed E-state index contributed by atoms with van der Waals surface area (Å²) in [6.07, 6.45) is -2.50. The van der Waals surface area contributed by atoms with E-state index in [0.717, 1.165) is 61.4 Å². The summed E-state index contributed by atoms with van der Waals surface area (Å²) in [6, 6.07) is 8.36. The van der Waals surface area contributed by atoms with Gasteiger partial charge in [-0.2, -0.15) is 22.6 Å². The molecule has 0 amide bonds. The highest BCUT2D eigenvalue weighted by molar-refractivity contribution is 7.88. The van der Waals surface area contributed by atoms with Crippen molar-refractivity contribution in [1.82, 2.24) is 24.0 Å². The van der Waals surface area contributed by atoms with Crippen molar-refractivity contribution in [3.8, 4) is 11.3 Å². The molecule has 0 radical (unpaired) electrons. The Balaban J connectivity index is 1.47. The van der Waals surface area contributed by atoms with Crippen molar-refractivity contribution in [2.45, 2.75) is 52.1 Å². The average molecular weight is 664 g/mol. The lowest BCUT2D eigenvalue weighted by Gasteiger charge is -2.34. The number of halogens is 3. The molecule has 3 heterocycles. The third kappa shape index (κ3) is 8.27. The zero-order valence-electron chi connectivity index (χ0n) is 27.0. The Morgan fingerprint density at radius 1 is 1.13 bits per heavy atom. The molecule has 0 bridgehead atoms. The van der Waals surface area contributed by atoms with Gasteiger partial charge in [0.15, 0.2) is 0 Å². The number of aliphatic hydroxyl groups excluding tert-OH is 1. The maximum Gasteiger partial charge on any atom is 0.416 e. The van der Waals surface area contributed by atoms with Crippen LogP contribution in [0.1, 0.15) is 42.3 Å². The minimum absolute atomic E-state index is 0.00183. The zero-order valence-corrected chi connectivity index (χ0v) is 27.9. The summed E-state index contributed by atoms with van der Waals surface area (Å²) in [6.45, 7) is 10.0. The van der Waals surface area contributed by atoms with Crippen LogP contribution in [-0.4, -0.2) is 90.1 Å². The van der Waals surface area contributed by atoms with E-state index >= 15 is 0 Å². The van der Waals surface area contributed by atoms with Gasteiger partial charge in [-0.1, -0.05) is 25.6 Å². The van der Waals surface area contributed by atoms with Crippen LogP contribution in [0.15, 0.2) is 43.0 Å². The normalized spacial score (nSPS) is 15.8. The van der Waals surface area contributed by atoms with E-state index in [-0.39, 0.29) is 25.6 Å². The maximum atomic E-state index is 13.2. The monoisotopic (exact) mass is 663 g/mol. The van der Waals surface area contributed by atoms with Gasteiger partial charge < -0.3 is 20.6 Å². The zero-order chi connectivity index (χ0) is 34.0. The predicted octanol–water partition coefficient (Wildman–Crippen LogP) is 4.49. The molecule has 4 rings (SSSR count). The number of alkyl halides is 3. The van der Waals surface area contributed by atoms with Crippen molar-refractivity contribution in [3.63, 3.8) is 0 Å². The van der Waals surface area contributed by atoms with Crippen LogP contribution in [0.2, 0.25) is 0 Å². The Kier molecular flexibility index (Phi) is 10.9. The molecule has 1 fully saturated rings. The SMILES string of the molecule is C=C(c1nc(N(C)C)ccc1N)C1CCN(CC(O)Cn2nc(-c3ccc(C(F)(F)F)cc3)c(CN(CC)S(C)(=O)=O)c2C)CC1. The van der Waals surface area contributed by atoms with Crippen molar-refractivity contribution in [2.75, 3.05) is 57.2 Å². The van der Waals surface area contributed by atoms with Crippen molar-refractivity contribution >= 4 is 27.1 Å². The van der Waals surface area contributed by atoms with Gasteiger partial charge in [0, 0.05) is 50.6 Å². The first-order valence-electron chi connectivity index (χ1n) is 15.2. The number of hydrogen-bond acceptors (Lipinski definition) is 8. The molecule has 14 heteroatoms. The average Bonchev–Trinajstić information content (AvgIpc) is 3.29. The van der Waals surface area contributed by atoms with Crippen molar-refractivity contribution < 1.29 is 26.7 Å². The van der Waals surface area contributed by atoms with E-state index < -0.39 is 27.9 Å². The summed E-state index contributed by atoms with van der Waals surface area (Å²) in [5.41, 5.74) is 9.69. The van der Waals surface area contributed by atoms with Gasteiger partial charge in [-0.25, -0.2) is 13.4 Å². The summed E-state index contributed by atoms with van der Waals surface area (Å²) >= 11 is 0. The molecule has 10 nitrogen and oxygen atoms in total. The first-order valence-corrected chi connectivity index (χ1v) is 17.1. The molecule has 2 aromatic heterocycles. The Hall–Kier alpha value is -3.46. The lowest BCUT2D eigenvalue weighted by molar-refractivity contribution is -0.137. The summed E-state index contributed by atoms with van der Waals surface area (Å²) in [5.74, 6) is 1.02. The Labute approximate surface area is 269 Å². The molecule has 1 aromatic carbocycles. The number of nitrogens with two attached hydrogens (primary N) is 1. The van der Waals surface area contributed by atoms with Crippen LogP contribution in [0, 0.1) is 12.8 Å². The van der Waals surface area contributed by atoms with Gasteiger partial charge in [0.25, 0.3) is 0 Å². The molecule has 3 N–H and O–H groups in total. The van der Waals surface area contributed by atoms with E-state index in [0.29, 0.717) is 34.7 Å². The Bertz CT molecular complexity index is 1630. The van der Waals surface area contributed by atoms with Crippen LogP contribution in [0.5, 0.6) is 0 Å². The smallest absolute Gasteiger partial charge is 0.397 e. The van der Waals surface area contributed by atoms with E-state index in [1.165, 1.54) is 16.4 Å². The van der Waals surface area contributed by atoms with Crippen LogP contribution in [0.4, 0.5) is 24.7 Å². The first-order chi connectivity index (χ1) is 21.5. The molecule has 1 aliphatic rings. The lowest BCUT2D eigenvalue weighted by Crippen LogP contribution is -2.40. The van der Waals surface area contributed by atoms with Gasteiger partial charge >= 0.3 is 6.18 Å². The molecule has 0 saturated carbocycles. The van der Waals surface area contributed by atoms with Gasteiger partial charge in [-0.15, -0.1) is 0 Å². The highest BCUT2D eigenvalue weighted by Gasteiger charge is 2.31. The molecule has 0 spiro atoms. The quantitative estimate of drug-likeness (QED) is 0.291. The number of sulfonamides is 1. The highest BCUT2D eigenvalue weighted by Crippen LogP contribution is 2.35. The van der Waals surface area contributed by atoms with Crippen LogP contribution in [-0.2, 0) is 29.3 Å². The third-order valence-corrected chi connectivity index (χ3v) is 9.90. The van der Waals surface area contributed by atoms with Crippen molar-refractivity contribution in [2.24, 2.45) is 5.92 Å². The van der Waals surface area contributed by atoms with Crippen LogP contribution < -0.4 is 10.6 Å².